The van der Waals surface area contributed by atoms with Crippen LogP contribution in [0.2, 0.25) is 0 Å². The minimum atomic E-state index is -3.33. The van der Waals surface area contributed by atoms with Crippen LogP contribution in [-0.2, 0) is 55.0 Å². The zero-order valence-electron chi connectivity index (χ0n) is 28.4. The molecule has 0 aromatic rings. The molecule has 0 aromatic heterocycles. The van der Waals surface area contributed by atoms with Gasteiger partial charge in [-0.1, -0.05) is 0 Å². The third-order valence-electron chi connectivity index (χ3n) is 6.39. The van der Waals surface area contributed by atoms with E-state index in [1.165, 1.54) is 0 Å². The van der Waals surface area contributed by atoms with Crippen molar-refractivity contribution in [2.45, 2.75) is 41.5 Å². The molecular weight excluding hydrogens is 651 g/mol. The lowest BCUT2D eigenvalue weighted by molar-refractivity contribution is 0.0425. The minimum Gasteiger partial charge on any atom is -0.379 e. The molecule has 0 spiro atoms. The molecule has 15 nitrogen and oxygen atoms in total. The van der Waals surface area contributed by atoms with Gasteiger partial charge in [0.15, 0.2) is 0 Å². The Balaban J connectivity index is 3.07. The van der Waals surface area contributed by atoms with Crippen LogP contribution < -0.4 is 0 Å². The van der Waals surface area contributed by atoms with Crippen molar-refractivity contribution in [3.63, 3.8) is 0 Å². The normalized spacial score (nSPS) is 19.3. The largest absolute Gasteiger partial charge is 0.379 e. The van der Waals surface area contributed by atoms with Crippen molar-refractivity contribution in [2.24, 2.45) is 0 Å². The van der Waals surface area contributed by atoms with Gasteiger partial charge in [-0.15, -0.1) is 0 Å². The fourth-order valence-corrected chi connectivity index (χ4v) is 9.89. The minimum absolute atomic E-state index is 0.106. The van der Waals surface area contributed by atoms with Gasteiger partial charge >= 0.3 is 22.8 Å². The van der Waals surface area contributed by atoms with Gasteiger partial charge in [0.25, 0.3) is 0 Å². The van der Waals surface area contributed by atoms with Gasteiger partial charge in [-0.2, -0.15) is 0 Å². The molecule has 1 aliphatic rings. The topological polar surface area (TPSA) is 144 Å². The predicted molar refractivity (Wildman–Crippen MR) is 174 cm³/mol. The van der Waals surface area contributed by atoms with Gasteiger partial charge in [0, 0.05) is 39.3 Å². The number of ether oxygens (including phenoxy) is 3. The van der Waals surface area contributed by atoms with E-state index in [0.717, 1.165) is 0 Å². The first-order chi connectivity index (χ1) is 21.6. The van der Waals surface area contributed by atoms with Gasteiger partial charge in [0.05, 0.1) is 79.3 Å². The van der Waals surface area contributed by atoms with Crippen molar-refractivity contribution < 1.29 is 55.0 Å². The van der Waals surface area contributed by atoms with Crippen molar-refractivity contribution in [1.82, 2.24) is 14.7 Å². The van der Waals surface area contributed by atoms with Crippen LogP contribution in [0.4, 0.5) is 0 Å². The molecule has 1 rings (SSSR count). The van der Waals surface area contributed by atoms with E-state index in [1.54, 1.807) is 41.5 Å². The van der Waals surface area contributed by atoms with Crippen LogP contribution in [0.25, 0.3) is 0 Å². The molecule has 45 heavy (non-hydrogen) atoms. The van der Waals surface area contributed by atoms with E-state index in [2.05, 4.69) is 0 Å². The van der Waals surface area contributed by atoms with E-state index < -0.39 is 22.8 Å². The summed E-state index contributed by atoms with van der Waals surface area (Å²) in [5.41, 5.74) is 0. The molecule has 1 aliphatic heterocycles. The third kappa shape index (κ3) is 19.7. The van der Waals surface area contributed by atoms with E-state index in [9.17, 15) is 13.7 Å². The summed E-state index contributed by atoms with van der Waals surface area (Å²) < 4.78 is 90.8. The van der Waals surface area contributed by atoms with Crippen LogP contribution in [0.15, 0.2) is 0 Å². The summed E-state index contributed by atoms with van der Waals surface area (Å²) in [6.07, 6.45) is 0.318. The van der Waals surface area contributed by atoms with Gasteiger partial charge in [0.2, 0.25) is 0 Å². The fraction of sp³-hybridized carbons (Fsp3) is 1.00. The van der Waals surface area contributed by atoms with Gasteiger partial charge in [0.1, 0.15) is 18.9 Å². The molecule has 0 radical (unpaired) electrons. The van der Waals surface area contributed by atoms with Crippen molar-refractivity contribution in [3.05, 3.63) is 0 Å². The summed E-state index contributed by atoms with van der Waals surface area (Å²) in [6.45, 7) is 17.4. The average molecular weight is 712 g/mol. The lowest BCUT2D eigenvalue weighted by Gasteiger charge is -2.29. The smallest absolute Gasteiger partial charge is 0.344 e. The Morgan fingerprint density at radius 1 is 0.400 bits per heavy atom. The predicted octanol–water partition coefficient (Wildman–Crippen LogP) is 4.63. The molecule has 0 aliphatic carbocycles. The Bertz CT molecular complexity index is 734. The van der Waals surface area contributed by atoms with E-state index in [4.69, 9.17) is 41.4 Å². The molecule has 1 saturated heterocycles. The summed E-state index contributed by atoms with van der Waals surface area (Å²) in [6, 6.07) is 0. The molecule has 1 fully saturated rings. The van der Waals surface area contributed by atoms with E-state index in [0.29, 0.717) is 78.9 Å². The van der Waals surface area contributed by atoms with Gasteiger partial charge in [-0.3, -0.25) is 28.4 Å². The maximum absolute atomic E-state index is 13.3. The van der Waals surface area contributed by atoms with Crippen LogP contribution in [-0.4, -0.2) is 152 Å². The highest BCUT2D eigenvalue weighted by Gasteiger charge is 2.30. The highest BCUT2D eigenvalue weighted by molar-refractivity contribution is 7.54. The second kappa shape index (κ2) is 25.2. The Hall–Kier alpha value is 0.210. The summed E-state index contributed by atoms with van der Waals surface area (Å²) in [5.74, 6) is 0. The van der Waals surface area contributed by atoms with Crippen LogP contribution in [0.1, 0.15) is 41.5 Å². The number of rotatable bonds is 18. The Morgan fingerprint density at radius 3 is 0.733 bits per heavy atom. The zero-order chi connectivity index (χ0) is 33.4. The molecular formula is C27H60N3O12P3. The monoisotopic (exact) mass is 711 g/mol. The fourth-order valence-electron chi connectivity index (χ4n) is 4.50. The van der Waals surface area contributed by atoms with E-state index >= 15 is 0 Å². The molecule has 0 aromatic carbocycles. The van der Waals surface area contributed by atoms with Gasteiger partial charge in [-0.05, 0) is 41.5 Å². The average Bonchev–Trinajstić information content (AvgIpc) is 2.96. The third-order valence-corrected chi connectivity index (χ3v) is 12.5. The van der Waals surface area contributed by atoms with Crippen molar-refractivity contribution in [1.29, 1.82) is 0 Å². The number of hydrogen-bond donors (Lipinski definition) is 0. The first-order valence-electron chi connectivity index (χ1n) is 16.1. The van der Waals surface area contributed by atoms with Crippen LogP contribution >= 0.6 is 22.8 Å². The highest BCUT2D eigenvalue weighted by Crippen LogP contribution is 2.50. The molecule has 0 amide bonds. The van der Waals surface area contributed by atoms with Gasteiger partial charge in [-0.25, -0.2) is 0 Å². The second-order valence-corrected chi connectivity index (χ2v) is 16.0. The van der Waals surface area contributed by atoms with Crippen molar-refractivity contribution >= 4 is 22.8 Å². The van der Waals surface area contributed by atoms with Crippen molar-refractivity contribution in [3.8, 4) is 0 Å². The summed E-state index contributed by atoms with van der Waals surface area (Å²) in [5, 5.41) is 0. The molecule has 0 atom stereocenters. The summed E-state index contributed by atoms with van der Waals surface area (Å²) in [7, 11) is -9.99. The summed E-state index contributed by atoms with van der Waals surface area (Å²) in [4.78, 5) is 5.86. The Kier molecular flexibility index (Phi) is 24.2. The second-order valence-electron chi connectivity index (χ2n) is 9.95. The zero-order valence-corrected chi connectivity index (χ0v) is 31.1. The standard InChI is InChI=1S/C27H60N3O12P3/c1-7-37-43(31,38-8-2)25-28-13-19-34-21-15-29(26-44(32,39-9-3)40-10-4)17-23-36-24-18-30(16-22-35-20-14-28)27-45(33,41-11-5)42-12-6/h7-27H2,1-6H3. The van der Waals surface area contributed by atoms with Crippen LogP contribution in [0.5, 0.6) is 0 Å². The van der Waals surface area contributed by atoms with Gasteiger partial charge < -0.3 is 41.4 Å². The highest BCUT2D eigenvalue weighted by atomic mass is 31.2. The molecule has 0 N–H and O–H groups in total. The SMILES string of the molecule is CCOP(=O)(CN1CCOCCN(CP(=O)(OCC)OCC)CCOCCN(CP(=O)(OCC)OCC)CCOCC1)OCC. The van der Waals surface area contributed by atoms with Crippen molar-refractivity contribution in [2.75, 3.05) is 137 Å². The van der Waals surface area contributed by atoms with E-state index in [-0.39, 0.29) is 58.5 Å². The maximum atomic E-state index is 13.3. The molecule has 1 heterocycles. The first-order valence-corrected chi connectivity index (χ1v) is 21.3. The summed E-state index contributed by atoms with van der Waals surface area (Å²) >= 11 is 0. The van der Waals surface area contributed by atoms with Crippen LogP contribution in [0.3, 0.4) is 0 Å². The number of hydrogen-bond acceptors (Lipinski definition) is 15. The molecule has 270 valence electrons. The number of nitrogens with zero attached hydrogens (tertiary/aromatic N) is 3. The lowest BCUT2D eigenvalue weighted by atomic mass is 10.5. The first kappa shape index (κ1) is 43.2. The van der Waals surface area contributed by atoms with Crippen LogP contribution in [0, 0.1) is 0 Å². The quantitative estimate of drug-likeness (QED) is 0.182. The molecule has 0 bridgehead atoms. The molecule has 18 heteroatoms. The van der Waals surface area contributed by atoms with E-state index in [1.807, 2.05) is 14.7 Å². The Labute approximate surface area is 271 Å². The lowest BCUT2D eigenvalue weighted by Crippen LogP contribution is -2.37. The molecule has 0 saturated carbocycles. The maximum Gasteiger partial charge on any atom is 0.344 e. The Morgan fingerprint density at radius 2 is 0.578 bits per heavy atom. The molecule has 0 unspecified atom stereocenters.